The Hall–Kier alpha value is -2.11. The molecule has 0 radical (unpaired) electrons. The lowest BCUT2D eigenvalue weighted by atomic mass is 9.97. The van der Waals surface area contributed by atoms with Crippen LogP contribution in [-0.2, 0) is 6.54 Å². The molecular weight excluding hydrogens is 444 g/mol. The van der Waals surface area contributed by atoms with E-state index in [0.717, 1.165) is 29.2 Å². The van der Waals surface area contributed by atoms with Crippen molar-refractivity contribution in [1.29, 1.82) is 0 Å². The van der Waals surface area contributed by atoms with Crippen LogP contribution >= 0.6 is 28.3 Å². The van der Waals surface area contributed by atoms with Crippen molar-refractivity contribution in [3.05, 3.63) is 76.4 Å². The summed E-state index contributed by atoms with van der Waals surface area (Å²) < 4.78 is 7.63. The molecule has 3 nitrogen and oxygen atoms in total. The number of hydrogen-bond donors (Lipinski definition) is 0. The fourth-order valence-corrected chi connectivity index (χ4v) is 4.58. The van der Waals surface area contributed by atoms with Crippen LogP contribution in [0.25, 0.3) is 11.3 Å². The van der Waals surface area contributed by atoms with Crippen LogP contribution in [-0.4, -0.2) is 11.7 Å². The Bertz CT molecular complexity index is 1000. The molecule has 0 fully saturated rings. The molecule has 3 aromatic rings. The predicted molar refractivity (Wildman–Crippen MR) is 127 cm³/mol. The molecule has 2 aromatic carbocycles. The summed E-state index contributed by atoms with van der Waals surface area (Å²) in [6.07, 6.45) is 8.69. The Balaban J connectivity index is 0.00000240. The van der Waals surface area contributed by atoms with Crippen molar-refractivity contribution in [3.8, 4) is 17.0 Å². The van der Waals surface area contributed by atoms with Gasteiger partial charge in [0.05, 0.1) is 18.5 Å². The highest BCUT2D eigenvalue weighted by atomic mass is 79.9. The van der Waals surface area contributed by atoms with Gasteiger partial charge in [-0.3, -0.25) is 0 Å². The first-order chi connectivity index (χ1) is 13.8. The Labute approximate surface area is 187 Å². The molecule has 0 aliphatic heterocycles. The minimum Gasteiger partial charge on any atom is -0.497 e. The van der Waals surface area contributed by atoms with Gasteiger partial charge >= 0.3 is 0 Å². The van der Waals surface area contributed by atoms with E-state index in [9.17, 15) is 0 Å². The molecule has 1 heterocycles. The third-order valence-corrected chi connectivity index (χ3v) is 6.07. The molecule has 4 rings (SSSR count). The fraction of sp³-hybridized carbons (Fsp3) is 0.292. The average molecular weight is 471 g/mol. The molecule has 1 aliphatic rings. The summed E-state index contributed by atoms with van der Waals surface area (Å²) in [5.41, 5.74) is 5.04. The van der Waals surface area contributed by atoms with Crippen LogP contribution in [0.2, 0.25) is 0 Å². The summed E-state index contributed by atoms with van der Waals surface area (Å²) in [7, 11) is 1.69. The van der Waals surface area contributed by atoms with Crippen molar-refractivity contribution >= 4 is 34.0 Å². The Morgan fingerprint density at radius 3 is 2.52 bits per heavy atom. The minimum atomic E-state index is 0. The van der Waals surface area contributed by atoms with Crippen molar-refractivity contribution in [1.82, 2.24) is 4.57 Å². The van der Waals surface area contributed by atoms with E-state index in [4.69, 9.17) is 9.73 Å². The van der Waals surface area contributed by atoms with E-state index < -0.39 is 0 Å². The molecule has 0 bridgehead atoms. The van der Waals surface area contributed by atoms with Crippen LogP contribution in [0.15, 0.2) is 76.6 Å². The van der Waals surface area contributed by atoms with Crippen molar-refractivity contribution in [3.63, 3.8) is 0 Å². The Morgan fingerprint density at radius 1 is 1.03 bits per heavy atom. The number of benzene rings is 2. The van der Waals surface area contributed by atoms with E-state index in [1.807, 2.05) is 24.3 Å². The molecule has 152 valence electrons. The van der Waals surface area contributed by atoms with Crippen LogP contribution in [0.5, 0.6) is 5.75 Å². The van der Waals surface area contributed by atoms with Gasteiger partial charge < -0.3 is 9.30 Å². The first-order valence-corrected chi connectivity index (χ1v) is 10.8. The number of nitrogens with zero attached hydrogens (tertiary/aromatic N) is 2. The monoisotopic (exact) mass is 470 g/mol. The Morgan fingerprint density at radius 2 is 1.83 bits per heavy atom. The summed E-state index contributed by atoms with van der Waals surface area (Å²) in [6, 6.07) is 18.6. The van der Waals surface area contributed by atoms with Crippen molar-refractivity contribution in [2.24, 2.45) is 4.99 Å². The molecule has 5 heteroatoms. The van der Waals surface area contributed by atoms with Crippen molar-refractivity contribution < 1.29 is 4.74 Å². The largest absolute Gasteiger partial charge is 0.497 e. The van der Waals surface area contributed by atoms with Gasteiger partial charge in [-0.2, -0.15) is 0 Å². The lowest BCUT2D eigenvalue weighted by Gasteiger charge is -2.14. The van der Waals surface area contributed by atoms with Gasteiger partial charge in [0.15, 0.2) is 4.80 Å². The maximum Gasteiger partial charge on any atom is 0.190 e. The lowest BCUT2D eigenvalue weighted by Crippen LogP contribution is -2.16. The molecule has 0 atom stereocenters. The number of ether oxygens (including phenoxy) is 1. The van der Waals surface area contributed by atoms with Crippen molar-refractivity contribution in [2.45, 2.75) is 38.6 Å². The highest BCUT2D eigenvalue weighted by molar-refractivity contribution is 8.93. The minimum absolute atomic E-state index is 0. The SMILES string of the molecule is Br.COc1ccc(N=c2scc(-c3ccccc3)n2CCC2=CCCCC2)cc1. The smallest absolute Gasteiger partial charge is 0.190 e. The second-order valence-corrected chi connectivity index (χ2v) is 7.93. The molecule has 0 spiro atoms. The summed E-state index contributed by atoms with van der Waals surface area (Å²) in [6.45, 7) is 0.967. The predicted octanol–water partition coefficient (Wildman–Crippen LogP) is 6.93. The molecule has 29 heavy (non-hydrogen) atoms. The molecule has 0 unspecified atom stereocenters. The number of aromatic nitrogens is 1. The van der Waals surface area contributed by atoms with Gasteiger partial charge in [0.1, 0.15) is 5.75 Å². The first-order valence-electron chi connectivity index (χ1n) is 9.94. The van der Waals surface area contributed by atoms with Crippen LogP contribution in [0, 0.1) is 0 Å². The van der Waals surface area contributed by atoms with Crippen molar-refractivity contribution in [2.75, 3.05) is 7.11 Å². The normalized spacial score (nSPS) is 14.2. The number of allylic oxidation sites excluding steroid dienone is 2. The highest BCUT2D eigenvalue weighted by Crippen LogP contribution is 2.24. The van der Waals surface area contributed by atoms with Gasteiger partial charge in [-0.15, -0.1) is 28.3 Å². The van der Waals surface area contributed by atoms with Gasteiger partial charge in [0, 0.05) is 11.9 Å². The maximum absolute atomic E-state index is 5.26. The maximum atomic E-state index is 5.26. The molecule has 1 aromatic heterocycles. The van der Waals surface area contributed by atoms with Crippen LogP contribution in [0.4, 0.5) is 5.69 Å². The summed E-state index contributed by atoms with van der Waals surface area (Å²) in [5, 5.41) is 2.23. The van der Waals surface area contributed by atoms with Gasteiger partial charge in [0.2, 0.25) is 0 Å². The van der Waals surface area contributed by atoms with E-state index in [1.165, 1.54) is 36.9 Å². The molecule has 0 amide bonds. The van der Waals surface area contributed by atoms with Gasteiger partial charge in [-0.1, -0.05) is 42.0 Å². The van der Waals surface area contributed by atoms with Gasteiger partial charge in [-0.05, 0) is 61.9 Å². The lowest BCUT2D eigenvalue weighted by molar-refractivity contribution is 0.415. The highest BCUT2D eigenvalue weighted by Gasteiger charge is 2.10. The third-order valence-electron chi connectivity index (χ3n) is 5.21. The van der Waals surface area contributed by atoms with Crippen LogP contribution < -0.4 is 9.54 Å². The summed E-state index contributed by atoms with van der Waals surface area (Å²) >= 11 is 1.71. The standard InChI is InChI=1S/C24H26N2OS.BrH/c1-27-22-14-12-21(13-15-22)25-24-26(17-16-19-8-4-2-5-9-19)23(18-28-24)20-10-6-3-7-11-20;/h3,6-8,10-15,18H,2,4-5,9,16-17H2,1H3;1H. The first kappa shape index (κ1) is 21.6. The summed E-state index contributed by atoms with van der Waals surface area (Å²) in [4.78, 5) is 5.97. The van der Waals surface area contributed by atoms with Gasteiger partial charge in [-0.25, -0.2) is 4.99 Å². The molecular formula is C24H27BrN2OS. The number of rotatable bonds is 6. The quantitative estimate of drug-likeness (QED) is 0.358. The van der Waals surface area contributed by atoms with Crippen LogP contribution in [0.3, 0.4) is 0 Å². The van der Waals surface area contributed by atoms with Gasteiger partial charge in [0.25, 0.3) is 0 Å². The zero-order chi connectivity index (χ0) is 19.2. The molecule has 0 saturated heterocycles. The second kappa shape index (κ2) is 10.6. The van der Waals surface area contributed by atoms with E-state index in [0.29, 0.717) is 0 Å². The number of hydrogen-bond acceptors (Lipinski definition) is 3. The summed E-state index contributed by atoms with van der Waals surface area (Å²) in [5.74, 6) is 0.854. The Kier molecular flexibility index (Phi) is 7.90. The average Bonchev–Trinajstić information content (AvgIpc) is 3.16. The van der Waals surface area contributed by atoms with E-state index in [2.05, 4.69) is 46.4 Å². The zero-order valence-electron chi connectivity index (χ0n) is 16.7. The number of thiazole rings is 1. The fourth-order valence-electron chi connectivity index (χ4n) is 3.63. The van der Waals surface area contributed by atoms with E-state index in [1.54, 1.807) is 24.0 Å². The third kappa shape index (κ3) is 5.49. The second-order valence-electron chi connectivity index (χ2n) is 7.09. The zero-order valence-corrected chi connectivity index (χ0v) is 19.2. The topological polar surface area (TPSA) is 26.5 Å². The molecule has 1 aliphatic carbocycles. The van der Waals surface area contributed by atoms with E-state index >= 15 is 0 Å². The molecule has 0 saturated carbocycles. The molecule has 0 N–H and O–H groups in total. The number of methoxy groups -OCH3 is 1. The number of halogens is 1. The van der Waals surface area contributed by atoms with E-state index in [-0.39, 0.29) is 17.0 Å². The van der Waals surface area contributed by atoms with Crippen LogP contribution in [0.1, 0.15) is 32.1 Å².